The summed E-state index contributed by atoms with van der Waals surface area (Å²) >= 11 is 3.48. The Kier molecular flexibility index (Phi) is 3.17. The molecule has 4 heteroatoms. The molecule has 0 atom stereocenters. The lowest BCUT2D eigenvalue weighted by molar-refractivity contribution is 0.627. The molecule has 2 nitrogen and oxygen atoms in total. The second-order valence-corrected chi connectivity index (χ2v) is 4.92. The van der Waals surface area contributed by atoms with Crippen molar-refractivity contribution >= 4 is 15.9 Å². The van der Waals surface area contributed by atoms with Gasteiger partial charge in [0.05, 0.1) is 11.4 Å². The molecule has 0 bridgehead atoms. The summed E-state index contributed by atoms with van der Waals surface area (Å²) in [5.74, 6) is -0.254. The van der Waals surface area contributed by atoms with Crippen LogP contribution in [0.1, 0.15) is 0 Å². The van der Waals surface area contributed by atoms with Crippen LogP contribution in [0.15, 0.2) is 65.3 Å². The minimum atomic E-state index is -0.254. The summed E-state index contributed by atoms with van der Waals surface area (Å²) in [6, 6.07) is 18.1. The van der Waals surface area contributed by atoms with Gasteiger partial charge in [0.1, 0.15) is 10.4 Å². The van der Waals surface area contributed by atoms with Crippen molar-refractivity contribution in [1.82, 2.24) is 9.78 Å². The zero-order valence-electron chi connectivity index (χ0n) is 9.92. The van der Waals surface area contributed by atoms with E-state index in [-0.39, 0.29) is 5.82 Å². The van der Waals surface area contributed by atoms with E-state index in [1.807, 2.05) is 36.4 Å². The van der Waals surface area contributed by atoms with Crippen LogP contribution in [0, 0.1) is 5.82 Å². The zero-order valence-corrected chi connectivity index (χ0v) is 11.5. The quantitative estimate of drug-likeness (QED) is 0.683. The minimum absolute atomic E-state index is 0.254. The Labute approximate surface area is 118 Å². The maximum atomic E-state index is 12.9. The Balaban J connectivity index is 2.05. The first kappa shape index (κ1) is 12.1. The van der Waals surface area contributed by atoms with E-state index in [0.717, 1.165) is 21.5 Å². The van der Waals surface area contributed by atoms with Crippen LogP contribution >= 0.6 is 15.9 Å². The van der Waals surface area contributed by atoms with Crippen molar-refractivity contribution < 1.29 is 4.39 Å². The van der Waals surface area contributed by atoms with Crippen LogP contribution in [0.3, 0.4) is 0 Å². The van der Waals surface area contributed by atoms with Crippen LogP contribution in [0.2, 0.25) is 0 Å². The molecule has 0 N–H and O–H groups in total. The maximum absolute atomic E-state index is 12.9. The van der Waals surface area contributed by atoms with Crippen LogP contribution in [0.5, 0.6) is 0 Å². The average Bonchev–Trinajstić information content (AvgIpc) is 2.83. The molecule has 1 heterocycles. The van der Waals surface area contributed by atoms with E-state index >= 15 is 0 Å². The molecule has 0 saturated heterocycles. The molecule has 0 spiro atoms. The Morgan fingerprint density at radius 1 is 0.947 bits per heavy atom. The van der Waals surface area contributed by atoms with Gasteiger partial charge in [-0.3, -0.25) is 0 Å². The van der Waals surface area contributed by atoms with Crippen molar-refractivity contribution in [2.24, 2.45) is 0 Å². The maximum Gasteiger partial charge on any atom is 0.123 e. The van der Waals surface area contributed by atoms with Gasteiger partial charge in [-0.1, -0.05) is 30.3 Å². The fraction of sp³-hybridized carbons (Fsp3) is 0. The lowest BCUT2D eigenvalue weighted by Gasteiger charge is -2.02. The molecule has 0 saturated carbocycles. The van der Waals surface area contributed by atoms with E-state index < -0.39 is 0 Å². The number of nitrogens with zero attached hydrogens (tertiary/aromatic N) is 2. The van der Waals surface area contributed by atoms with E-state index in [9.17, 15) is 4.39 Å². The van der Waals surface area contributed by atoms with E-state index in [0.29, 0.717) is 0 Å². The van der Waals surface area contributed by atoms with Crippen LogP contribution in [0.4, 0.5) is 4.39 Å². The van der Waals surface area contributed by atoms with Crippen LogP contribution in [-0.4, -0.2) is 9.78 Å². The molecule has 3 rings (SSSR count). The highest BCUT2D eigenvalue weighted by Crippen LogP contribution is 2.24. The van der Waals surface area contributed by atoms with Gasteiger partial charge in [0.15, 0.2) is 0 Å². The molecular formula is C15H10BrFN2. The van der Waals surface area contributed by atoms with E-state index in [2.05, 4.69) is 21.0 Å². The molecule has 0 amide bonds. The van der Waals surface area contributed by atoms with Gasteiger partial charge < -0.3 is 0 Å². The number of aromatic nitrogens is 2. The van der Waals surface area contributed by atoms with Gasteiger partial charge in [-0.2, -0.15) is 5.10 Å². The smallest absolute Gasteiger partial charge is 0.123 e. The van der Waals surface area contributed by atoms with Crippen molar-refractivity contribution in [3.8, 4) is 16.9 Å². The first-order chi connectivity index (χ1) is 9.24. The molecule has 0 radical (unpaired) electrons. The second kappa shape index (κ2) is 4.97. The molecule has 2 aromatic carbocycles. The van der Waals surface area contributed by atoms with Crippen molar-refractivity contribution in [3.63, 3.8) is 0 Å². The molecule has 0 aliphatic carbocycles. The van der Waals surface area contributed by atoms with Crippen molar-refractivity contribution in [3.05, 3.63) is 71.1 Å². The van der Waals surface area contributed by atoms with Gasteiger partial charge in [0, 0.05) is 5.56 Å². The first-order valence-electron chi connectivity index (χ1n) is 5.81. The highest BCUT2D eigenvalue weighted by molar-refractivity contribution is 9.10. The van der Waals surface area contributed by atoms with Gasteiger partial charge in [0.2, 0.25) is 0 Å². The highest BCUT2D eigenvalue weighted by atomic mass is 79.9. The van der Waals surface area contributed by atoms with Crippen molar-refractivity contribution in [2.75, 3.05) is 0 Å². The highest BCUT2D eigenvalue weighted by Gasteiger charge is 2.08. The lowest BCUT2D eigenvalue weighted by Crippen LogP contribution is -1.96. The van der Waals surface area contributed by atoms with Gasteiger partial charge in [-0.05, 0) is 46.3 Å². The fourth-order valence-electron chi connectivity index (χ4n) is 1.87. The van der Waals surface area contributed by atoms with E-state index in [1.165, 1.54) is 12.1 Å². The Morgan fingerprint density at radius 2 is 1.63 bits per heavy atom. The standard InChI is InChI=1S/C15H10BrFN2/c16-15-10-14(11-4-2-1-3-5-11)18-19(15)13-8-6-12(17)7-9-13/h1-10H. The number of hydrogen-bond donors (Lipinski definition) is 0. The number of benzene rings is 2. The molecule has 0 aliphatic heterocycles. The summed E-state index contributed by atoms with van der Waals surface area (Å²) in [6.07, 6.45) is 0. The monoisotopic (exact) mass is 316 g/mol. The van der Waals surface area contributed by atoms with Gasteiger partial charge >= 0.3 is 0 Å². The van der Waals surface area contributed by atoms with Gasteiger partial charge in [-0.25, -0.2) is 9.07 Å². The summed E-state index contributed by atoms with van der Waals surface area (Å²) < 4.78 is 15.5. The topological polar surface area (TPSA) is 17.8 Å². The molecule has 0 fully saturated rings. The molecule has 1 aromatic heterocycles. The van der Waals surface area contributed by atoms with Crippen LogP contribution in [-0.2, 0) is 0 Å². The molecule has 0 aliphatic rings. The number of rotatable bonds is 2. The second-order valence-electron chi connectivity index (χ2n) is 4.11. The van der Waals surface area contributed by atoms with E-state index in [4.69, 9.17) is 0 Å². The summed E-state index contributed by atoms with van der Waals surface area (Å²) in [5.41, 5.74) is 2.73. The average molecular weight is 317 g/mol. The van der Waals surface area contributed by atoms with Gasteiger partial charge in [-0.15, -0.1) is 0 Å². The predicted molar refractivity (Wildman–Crippen MR) is 76.7 cm³/mol. The molecular weight excluding hydrogens is 307 g/mol. The largest absolute Gasteiger partial charge is 0.226 e. The lowest BCUT2D eigenvalue weighted by atomic mass is 10.2. The van der Waals surface area contributed by atoms with Crippen molar-refractivity contribution in [2.45, 2.75) is 0 Å². The molecule has 0 unspecified atom stereocenters. The third-order valence-electron chi connectivity index (χ3n) is 2.81. The van der Waals surface area contributed by atoms with Crippen LogP contribution in [0.25, 0.3) is 16.9 Å². The summed E-state index contributed by atoms with van der Waals surface area (Å²) in [4.78, 5) is 0. The molecule has 94 valence electrons. The molecule has 19 heavy (non-hydrogen) atoms. The zero-order chi connectivity index (χ0) is 13.2. The summed E-state index contributed by atoms with van der Waals surface area (Å²) in [6.45, 7) is 0. The molecule has 3 aromatic rings. The minimum Gasteiger partial charge on any atom is -0.226 e. The van der Waals surface area contributed by atoms with Crippen molar-refractivity contribution in [1.29, 1.82) is 0 Å². The predicted octanol–water partition coefficient (Wildman–Crippen LogP) is 4.44. The first-order valence-corrected chi connectivity index (χ1v) is 6.60. The van der Waals surface area contributed by atoms with Crippen LogP contribution < -0.4 is 0 Å². The Hall–Kier alpha value is -1.94. The summed E-state index contributed by atoms with van der Waals surface area (Å²) in [7, 11) is 0. The van der Waals surface area contributed by atoms with E-state index in [1.54, 1.807) is 16.8 Å². The Morgan fingerprint density at radius 3 is 2.32 bits per heavy atom. The summed E-state index contributed by atoms with van der Waals surface area (Å²) in [5, 5.41) is 4.53. The third-order valence-corrected chi connectivity index (χ3v) is 3.37. The number of halogens is 2. The Bertz CT molecular complexity index is 690. The van der Waals surface area contributed by atoms with Gasteiger partial charge in [0.25, 0.3) is 0 Å². The fourth-order valence-corrected chi connectivity index (χ4v) is 2.37. The SMILES string of the molecule is Fc1ccc(-n2nc(-c3ccccc3)cc2Br)cc1. The normalized spacial score (nSPS) is 10.6. The number of hydrogen-bond acceptors (Lipinski definition) is 1. The third kappa shape index (κ3) is 2.44.